The van der Waals surface area contributed by atoms with E-state index < -0.39 is 0 Å². The zero-order valence-electron chi connectivity index (χ0n) is 25.1. The molecular formula is C32H48N2O4. The smallest absolute Gasteiger partial charge is 0.220 e. The number of carbonyl (C=O) groups excluding carboxylic acids is 2. The SMILES string of the molecule is Cc1c(CCC(=O)NCCNC(=O)CCc2cc(C(C)(C)C)c(O)c(C)c2C)cc(C(C)(C)C)c(O)c1C. The van der Waals surface area contributed by atoms with Gasteiger partial charge in [-0.25, -0.2) is 0 Å². The van der Waals surface area contributed by atoms with Crippen LogP contribution in [-0.4, -0.2) is 35.1 Å². The van der Waals surface area contributed by atoms with E-state index in [2.05, 4.69) is 52.2 Å². The quantitative estimate of drug-likeness (QED) is 0.315. The Morgan fingerprint density at radius 2 is 0.947 bits per heavy atom. The second-order valence-electron chi connectivity index (χ2n) is 12.6. The molecule has 6 heteroatoms. The summed E-state index contributed by atoms with van der Waals surface area (Å²) in [6.45, 7) is 20.9. The number of hydrogen-bond donors (Lipinski definition) is 4. The largest absolute Gasteiger partial charge is 0.507 e. The van der Waals surface area contributed by atoms with Gasteiger partial charge in [-0.1, -0.05) is 53.7 Å². The fourth-order valence-electron chi connectivity index (χ4n) is 4.68. The highest BCUT2D eigenvalue weighted by Gasteiger charge is 2.23. The molecule has 210 valence electrons. The molecule has 2 rings (SSSR count). The number of carbonyl (C=O) groups is 2. The van der Waals surface area contributed by atoms with Crippen molar-refractivity contribution in [2.75, 3.05) is 13.1 Å². The average molecular weight is 525 g/mol. The molecule has 0 radical (unpaired) electrons. The minimum absolute atomic E-state index is 0.0633. The lowest BCUT2D eigenvalue weighted by molar-refractivity contribution is -0.122. The molecule has 2 amide bonds. The normalized spacial score (nSPS) is 11.9. The molecular weight excluding hydrogens is 476 g/mol. The van der Waals surface area contributed by atoms with Gasteiger partial charge in [0.15, 0.2) is 0 Å². The molecule has 0 fully saturated rings. The molecule has 0 aliphatic heterocycles. The highest BCUT2D eigenvalue weighted by atomic mass is 16.3. The summed E-state index contributed by atoms with van der Waals surface area (Å²) in [5.74, 6) is 0.548. The Hall–Kier alpha value is -3.02. The molecule has 0 unspecified atom stereocenters. The van der Waals surface area contributed by atoms with Crippen LogP contribution in [0, 0.1) is 27.7 Å². The second-order valence-corrected chi connectivity index (χ2v) is 12.6. The van der Waals surface area contributed by atoms with Crippen molar-refractivity contribution in [1.29, 1.82) is 0 Å². The molecule has 0 saturated carbocycles. The van der Waals surface area contributed by atoms with E-state index in [1.807, 2.05) is 39.8 Å². The van der Waals surface area contributed by atoms with Crippen molar-refractivity contribution in [3.8, 4) is 11.5 Å². The third-order valence-electron chi connectivity index (χ3n) is 7.57. The Bertz CT molecular complexity index is 1090. The molecule has 6 nitrogen and oxygen atoms in total. The highest BCUT2D eigenvalue weighted by molar-refractivity contribution is 5.77. The third kappa shape index (κ3) is 7.75. The van der Waals surface area contributed by atoms with Gasteiger partial charge < -0.3 is 20.8 Å². The molecule has 0 atom stereocenters. The molecule has 4 N–H and O–H groups in total. The Kier molecular flexibility index (Phi) is 10.0. The maximum absolute atomic E-state index is 12.4. The lowest BCUT2D eigenvalue weighted by Gasteiger charge is -2.24. The first kappa shape index (κ1) is 31.2. The van der Waals surface area contributed by atoms with E-state index >= 15 is 0 Å². The Labute approximate surface area is 229 Å². The molecule has 0 aliphatic carbocycles. The molecule has 0 spiro atoms. The minimum Gasteiger partial charge on any atom is -0.507 e. The van der Waals surface area contributed by atoms with Gasteiger partial charge >= 0.3 is 0 Å². The lowest BCUT2D eigenvalue weighted by Crippen LogP contribution is -2.34. The first-order chi connectivity index (χ1) is 17.4. The number of benzene rings is 2. The van der Waals surface area contributed by atoms with Gasteiger partial charge in [-0.3, -0.25) is 9.59 Å². The Balaban J connectivity index is 1.84. The van der Waals surface area contributed by atoms with E-state index in [0.29, 0.717) is 50.3 Å². The van der Waals surface area contributed by atoms with Crippen LogP contribution in [0.25, 0.3) is 0 Å². The zero-order chi connectivity index (χ0) is 29.0. The monoisotopic (exact) mass is 524 g/mol. The number of amides is 2. The summed E-state index contributed by atoms with van der Waals surface area (Å²) in [5.41, 5.74) is 7.32. The van der Waals surface area contributed by atoms with Crippen LogP contribution in [0.4, 0.5) is 0 Å². The van der Waals surface area contributed by atoms with Crippen molar-refractivity contribution >= 4 is 11.8 Å². The van der Waals surface area contributed by atoms with Crippen molar-refractivity contribution in [2.45, 2.75) is 106 Å². The standard InChI is InChI=1S/C32H48N2O4/c1-19-21(3)29(37)25(31(5,6)7)17-23(19)11-13-27(35)33-15-16-34-28(36)14-12-24-18-26(32(8,9)10)30(38)22(4)20(24)2/h17-18,37-38H,11-16H2,1-10H3,(H,33,35)(H,34,36). The molecule has 0 aliphatic rings. The Morgan fingerprint density at radius 1 is 0.632 bits per heavy atom. The van der Waals surface area contributed by atoms with E-state index in [9.17, 15) is 19.8 Å². The number of hydrogen-bond acceptors (Lipinski definition) is 4. The van der Waals surface area contributed by atoms with E-state index in [1.165, 1.54) is 0 Å². The summed E-state index contributed by atoms with van der Waals surface area (Å²) in [4.78, 5) is 24.9. The number of nitrogens with one attached hydrogen (secondary N) is 2. The summed E-state index contributed by atoms with van der Waals surface area (Å²) in [5, 5.41) is 26.9. The second kappa shape index (κ2) is 12.2. The fraction of sp³-hybridized carbons (Fsp3) is 0.562. The molecule has 2 aromatic carbocycles. The average Bonchev–Trinajstić information content (AvgIpc) is 2.81. The van der Waals surface area contributed by atoms with Crippen LogP contribution >= 0.6 is 0 Å². The van der Waals surface area contributed by atoms with Gasteiger partial charge in [-0.2, -0.15) is 0 Å². The van der Waals surface area contributed by atoms with Gasteiger partial charge in [-0.05, 0) is 95.9 Å². The summed E-state index contributed by atoms with van der Waals surface area (Å²) >= 11 is 0. The summed E-state index contributed by atoms with van der Waals surface area (Å²) in [6.07, 6.45) is 1.88. The van der Waals surface area contributed by atoms with Gasteiger partial charge in [0.25, 0.3) is 0 Å². The number of aryl methyl sites for hydroxylation is 2. The topological polar surface area (TPSA) is 98.7 Å². The van der Waals surface area contributed by atoms with Gasteiger partial charge in [0.2, 0.25) is 11.8 Å². The van der Waals surface area contributed by atoms with Crippen LogP contribution in [0.5, 0.6) is 11.5 Å². The fourth-order valence-corrected chi connectivity index (χ4v) is 4.68. The van der Waals surface area contributed by atoms with Crippen LogP contribution in [-0.2, 0) is 33.3 Å². The van der Waals surface area contributed by atoms with E-state index in [4.69, 9.17) is 0 Å². The van der Waals surface area contributed by atoms with Gasteiger partial charge in [0, 0.05) is 25.9 Å². The first-order valence-electron chi connectivity index (χ1n) is 13.6. The summed E-state index contributed by atoms with van der Waals surface area (Å²) in [7, 11) is 0. The summed E-state index contributed by atoms with van der Waals surface area (Å²) < 4.78 is 0. The van der Waals surface area contributed by atoms with Crippen LogP contribution in [0.1, 0.15) is 98.9 Å². The van der Waals surface area contributed by atoms with Crippen molar-refractivity contribution in [3.63, 3.8) is 0 Å². The zero-order valence-corrected chi connectivity index (χ0v) is 25.1. The number of phenolic OH excluding ortho intramolecular Hbond substituents is 2. The van der Waals surface area contributed by atoms with Crippen LogP contribution in [0.3, 0.4) is 0 Å². The van der Waals surface area contributed by atoms with Crippen molar-refractivity contribution < 1.29 is 19.8 Å². The predicted molar refractivity (Wildman–Crippen MR) is 155 cm³/mol. The van der Waals surface area contributed by atoms with E-state index in [-0.39, 0.29) is 22.6 Å². The lowest BCUT2D eigenvalue weighted by atomic mass is 9.82. The molecule has 0 heterocycles. The number of rotatable bonds is 9. The first-order valence-corrected chi connectivity index (χ1v) is 13.6. The minimum atomic E-state index is -0.188. The number of phenols is 2. The van der Waals surface area contributed by atoms with Crippen molar-refractivity contribution in [2.24, 2.45) is 0 Å². The molecule has 2 aromatic rings. The van der Waals surface area contributed by atoms with Gasteiger partial charge in [0.1, 0.15) is 11.5 Å². The molecule has 38 heavy (non-hydrogen) atoms. The molecule has 0 aromatic heterocycles. The third-order valence-corrected chi connectivity index (χ3v) is 7.57. The highest BCUT2D eigenvalue weighted by Crippen LogP contribution is 2.37. The van der Waals surface area contributed by atoms with Gasteiger partial charge in [0.05, 0.1) is 0 Å². The van der Waals surface area contributed by atoms with E-state index in [1.54, 1.807) is 0 Å². The van der Waals surface area contributed by atoms with Crippen molar-refractivity contribution in [3.05, 3.63) is 56.6 Å². The van der Waals surface area contributed by atoms with Crippen LogP contribution < -0.4 is 10.6 Å². The molecule has 0 bridgehead atoms. The maximum Gasteiger partial charge on any atom is 0.220 e. The van der Waals surface area contributed by atoms with Crippen molar-refractivity contribution in [1.82, 2.24) is 10.6 Å². The van der Waals surface area contributed by atoms with Crippen LogP contribution in [0.15, 0.2) is 12.1 Å². The van der Waals surface area contributed by atoms with Crippen LogP contribution in [0.2, 0.25) is 0 Å². The molecule has 0 saturated heterocycles. The van der Waals surface area contributed by atoms with Gasteiger partial charge in [-0.15, -0.1) is 0 Å². The van der Waals surface area contributed by atoms with E-state index in [0.717, 1.165) is 44.5 Å². The number of aromatic hydroxyl groups is 2. The Morgan fingerprint density at radius 3 is 1.24 bits per heavy atom. The maximum atomic E-state index is 12.4. The predicted octanol–water partition coefficient (Wildman–Crippen LogP) is 5.72. The summed E-state index contributed by atoms with van der Waals surface area (Å²) in [6, 6.07) is 4.04.